The quantitative estimate of drug-likeness (QED) is 0.157. The van der Waals surface area contributed by atoms with E-state index in [2.05, 4.69) is 6.92 Å². The van der Waals surface area contributed by atoms with Crippen molar-refractivity contribution in [1.82, 2.24) is 0 Å². The zero-order chi connectivity index (χ0) is 25.8. The van der Waals surface area contributed by atoms with Crippen LogP contribution in [0.3, 0.4) is 0 Å². The zero-order valence-electron chi connectivity index (χ0n) is 20.4. The first-order valence-corrected chi connectivity index (χ1v) is 12.2. The molecule has 0 aliphatic carbocycles. The minimum Gasteiger partial charge on any atom is -0.494 e. The predicted molar refractivity (Wildman–Crippen MR) is 138 cm³/mol. The van der Waals surface area contributed by atoms with Gasteiger partial charge in [0, 0.05) is 0 Å². The van der Waals surface area contributed by atoms with Crippen LogP contribution in [0.2, 0.25) is 0 Å². The minimum atomic E-state index is -1.61. The van der Waals surface area contributed by atoms with Gasteiger partial charge in [0.1, 0.15) is 17.2 Å². The molecule has 0 aliphatic rings. The van der Waals surface area contributed by atoms with Crippen LogP contribution in [0, 0.1) is 0 Å². The van der Waals surface area contributed by atoms with Gasteiger partial charge in [-0.05, 0) is 72.5 Å². The molecule has 0 amide bonds. The molecule has 0 saturated heterocycles. The van der Waals surface area contributed by atoms with Gasteiger partial charge < -0.3 is 24.3 Å². The van der Waals surface area contributed by atoms with E-state index < -0.39 is 19.1 Å². The van der Waals surface area contributed by atoms with E-state index >= 15 is 0 Å². The third-order valence-electron chi connectivity index (χ3n) is 5.55. The Morgan fingerprint density at radius 2 is 1.08 bits per heavy atom. The van der Waals surface area contributed by atoms with Crippen molar-refractivity contribution in [1.29, 1.82) is 0 Å². The molecule has 0 saturated carbocycles. The Labute approximate surface area is 211 Å². The SMILES string of the molecule is CCCCCCCCOc1ccc(C(=O)Oc2ccc(OC(=O)c3ccc(B(O)O)cc3)cc2)cc1. The summed E-state index contributed by atoms with van der Waals surface area (Å²) in [7, 11) is -1.61. The Morgan fingerprint density at radius 3 is 1.58 bits per heavy atom. The van der Waals surface area contributed by atoms with E-state index in [0.29, 0.717) is 23.7 Å². The van der Waals surface area contributed by atoms with Crippen molar-refractivity contribution in [2.75, 3.05) is 6.61 Å². The molecule has 0 aliphatic heterocycles. The smallest absolute Gasteiger partial charge is 0.488 e. The van der Waals surface area contributed by atoms with E-state index in [-0.39, 0.29) is 16.8 Å². The summed E-state index contributed by atoms with van der Waals surface area (Å²) < 4.78 is 16.4. The van der Waals surface area contributed by atoms with Crippen molar-refractivity contribution < 1.29 is 33.8 Å². The predicted octanol–water partition coefficient (Wildman–Crippen LogP) is 4.54. The highest BCUT2D eigenvalue weighted by molar-refractivity contribution is 6.58. The summed E-state index contributed by atoms with van der Waals surface area (Å²) in [6, 6.07) is 18.7. The summed E-state index contributed by atoms with van der Waals surface area (Å²) >= 11 is 0. The van der Waals surface area contributed by atoms with Crippen LogP contribution in [0.5, 0.6) is 17.2 Å². The summed E-state index contributed by atoms with van der Waals surface area (Å²) in [5, 5.41) is 18.3. The van der Waals surface area contributed by atoms with Crippen molar-refractivity contribution >= 4 is 24.5 Å². The molecule has 0 radical (unpaired) electrons. The molecule has 0 bridgehead atoms. The van der Waals surface area contributed by atoms with Gasteiger partial charge in [-0.25, -0.2) is 9.59 Å². The fraction of sp³-hybridized carbons (Fsp3) is 0.286. The second-order valence-corrected chi connectivity index (χ2v) is 8.39. The van der Waals surface area contributed by atoms with Crippen LogP contribution in [0.1, 0.15) is 66.2 Å². The number of carbonyl (C=O) groups is 2. The number of unbranched alkanes of at least 4 members (excludes halogenated alkanes) is 5. The first-order valence-electron chi connectivity index (χ1n) is 12.2. The Hall–Kier alpha value is -3.62. The van der Waals surface area contributed by atoms with Crippen LogP contribution >= 0.6 is 0 Å². The molecule has 3 aromatic rings. The molecule has 188 valence electrons. The number of ether oxygens (including phenoxy) is 3. The summed E-state index contributed by atoms with van der Waals surface area (Å²) in [5.41, 5.74) is 0.927. The number of benzene rings is 3. The Balaban J connectivity index is 1.44. The topological polar surface area (TPSA) is 102 Å². The standard InChI is InChI=1S/C28H31BO7/c1-2-3-4-5-6-7-20-34-24-14-10-22(11-15-24)28(31)36-26-18-16-25(17-19-26)35-27(30)21-8-12-23(13-9-21)29(32)33/h8-19,32-33H,2-7,20H2,1H3. The first kappa shape index (κ1) is 27.0. The van der Waals surface area contributed by atoms with E-state index in [0.717, 1.165) is 12.8 Å². The lowest BCUT2D eigenvalue weighted by Gasteiger charge is -2.09. The maximum Gasteiger partial charge on any atom is 0.488 e. The molecule has 36 heavy (non-hydrogen) atoms. The lowest BCUT2D eigenvalue weighted by molar-refractivity contribution is 0.0719. The van der Waals surface area contributed by atoms with Gasteiger partial charge in [0.15, 0.2) is 0 Å². The van der Waals surface area contributed by atoms with Gasteiger partial charge in [0.25, 0.3) is 0 Å². The fourth-order valence-electron chi connectivity index (χ4n) is 3.46. The van der Waals surface area contributed by atoms with Crippen LogP contribution in [0.25, 0.3) is 0 Å². The lowest BCUT2D eigenvalue weighted by atomic mass is 9.80. The Morgan fingerprint density at radius 1 is 0.639 bits per heavy atom. The Kier molecular flexibility index (Phi) is 10.5. The molecule has 3 aromatic carbocycles. The minimum absolute atomic E-state index is 0.259. The molecule has 0 heterocycles. The van der Waals surface area contributed by atoms with Gasteiger partial charge in [0.2, 0.25) is 0 Å². The van der Waals surface area contributed by atoms with Crippen LogP contribution in [-0.4, -0.2) is 35.7 Å². The molecule has 3 rings (SSSR count). The van der Waals surface area contributed by atoms with Crippen molar-refractivity contribution in [3.8, 4) is 17.2 Å². The van der Waals surface area contributed by atoms with E-state index in [4.69, 9.17) is 24.3 Å². The van der Waals surface area contributed by atoms with Crippen molar-refractivity contribution in [2.24, 2.45) is 0 Å². The summed E-state index contributed by atoms with van der Waals surface area (Å²) in [6.07, 6.45) is 7.20. The monoisotopic (exact) mass is 490 g/mol. The van der Waals surface area contributed by atoms with Gasteiger partial charge in [0.05, 0.1) is 17.7 Å². The molecule has 0 spiro atoms. The second-order valence-electron chi connectivity index (χ2n) is 8.39. The molecule has 7 nitrogen and oxygen atoms in total. The number of hydrogen-bond donors (Lipinski definition) is 2. The highest BCUT2D eigenvalue weighted by Gasteiger charge is 2.14. The largest absolute Gasteiger partial charge is 0.494 e. The van der Waals surface area contributed by atoms with Gasteiger partial charge in [-0.1, -0.05) is 51.2 Å². The van der Waals surface area contributed by atoms with Crippen LogP contribution in [0.15, 0.2) is 72.8 Å². The van der Waals surface area contributed by atoms with Gasteiger partial charge in [-0.3, -0.25) is 0 Å². The first-order chi connectivity index (χ1) is 17.5. The molecule has 8 heteroatoms. The third kappa shape index (κ3) is 8.55. The average molecular weight is 490 g/mol. The highest BCUT2D eigenvalue weighted by Crippen LogP contribution is 2.21. The number of rotatable bonds is 13. The van der Waals surface area contributed by atoms with Gasteiger partial charge >= 0.3 is 19.1 Å². The van der Waals surface area contributed by atoms with Crippen LogP contribution < -0.4 is 19.7 Å². The normalized spacial score (nSPS) is 10.5. The maximum atomic E-state index is 12.4. The van der Waals surface area contributed by atoms with Gasteiger partial charge in [-0.2, -0.15) is 0 Å². The summed E-state index contributed by atoms with van der Waals surface area (Å²) in [4.78, 5) is 24.7. The molecular formula is C28H31BO7. The average Bonchev–Trinajstić information content (AvgIpc) is 2.89. The number of carbonyl (C=O) groups excluding carboxylic acids is 2. The maximum absolute atomic E-state index is 12.4. The second kappa shape index (κ2) is 14.1. The van der Waals surface area contributed by atoms with Crippen LogP contribution in [-0.2, 0) is 0 Å². The number of hydrogen-bond acceptors (Lipinski definition) is 7. The zero-order valence-corrected chi connectivity index (χ0v) is 20.4. The van der Waals surface area contributed by atoms with E-state index in [1.54, 1.807) is 24.3 Å². The van der Waals surface area contributed by atoms with E-state index in [1.165, 1.54) is 74.2 Å². The molecule has 2 N–H and O–H groups in total. The summed E-state index contributed by atoms with van der Waals surface area (Å²) in [5.74, 6) is 0.196. The molecular weight excluding hydrogens is 459 g/mol. The number of esters is 2. The molecule has 0 fully saturated rings. The van der Waals surface area contributed by atoms with Crippen molar-refractivity contribution in [2.45, 2.75) is 45.4 Å². The van der Waals surface area contributed by atoms with Crippen LogP contribution in [0.4, 0.5) is 0 Å². The fourth-order valence-corrected chi connectivity index (χ4v) is 3.46. The van der Waals surface area contributed by atoms with E-state index in [9.17, 15) is 9.59 Å². The lowest BCUT2D eigenvalue weighted by Crippen LogP contribution is -2.29. The highest BCUT2D eigenvalue weighted by atomic mass is 16.5. The third-order valence-corrected chi connectivity index (χ3v) is 5.55. The summed E-state index contributed by atoms with van der Waals surface area (Å²) in [6.45, 7) is 2.86. The molecule has 0 aromatic heterocycles. The molecule has 0 atom stereocenters. The van der Waals surface area contributed by atoms with Crippen molar-refractivity contribution in [3.63, 3.8) is 0 Å². The van der Waals surface area contributed by atoms with E-state index in [1.807, 2.05) is 0 Å². The van der Waals surface area contributed by atoms with Crippen molar-refractivity contribution in [3.05, 3.63) is 83.9 Å². The van der Waals surface area contributed by atoms with Gasteiger partial charge in [-0.15, -0.1) is 0 Å². The Bertz CT molecular complexity index is 1090. The molecule has 0 unspecified atom stereocenters.